The summed E-state index contributed by atoms with van der Waals surface area (Å²) < 4.78 is 0. The third kappa shape index (κ3) is 4.51. The average Bonchev–Trinajstić information content (AvgIpc) is 2.62. The van der Waals surface area contributed by atoms with Crippen molar-refractivity contribution >= 4 is 11.8 Å². The van der Waals surface area contributed by atoms with Gasteiger partial charge in [-0.05, 0) is 23.0 Å². The Morgan fingerprint density at radius 3 is 2.35 bits per heavy atom. The number of nitrogens with one attached hydrogen (secondary N) is 1. The molecule has 2 amide bonds. The molecule has 2 aromatic carbocycles. The van der Waals surface area contributed by atoms with E-state index in [1.54, 1.807) is 4.90 Å². The van der Waals surface area contributed by atoms with Gasteiger partial charge in [-0.3, -0.25) is 9.59 Å². The third-order valence-electron chi connectivity index (χ3n) is 4.97. The SMILES string of the molecule is CC(C)(CC(=O)N1CC(=O)N[C@@H](Cc2ccccc2)C1)c1ccccc1. The smallest absolute Gasteiger partial charge is 0.239 e. The largest absolute Gasteiger partial charge is 0.350 e. The Balaban J connectivity index is 1.66. The van der Waals surface area contributed by atoms with Crippen molar-refractivity contribution in [1.82, 2.24) is 10.2 Å². The zero-order chi connectivity index (χ0) is 18.6. The lowest BCUT2D eigenvalue weighted by Gasteiger charge is -2.35. The maximum atomic E-state index is 12.9. The van der Waals surface area contributed by atoms with Gasteiger partial charge in [0.05, 0.1) is 12.6 Å². The van der Waals surface area contributed by atoms with E-state index in [1.165, 1.54) is 0 Å². The molecule has 4 heteroatoms. The van der Waals surface area contributed by atoms with Crippen LogP contribution >= 0.6 is 0 Å². The van der Waals surface area contributed by atoms with Gasteiger partial charge in [-0.2, -0.15) is 0 Å². The van der Waals surface area contributed by atoms with Gasteiger partial charge in [0.2, 0.25) is 11.8 Å². The van der Waals surface area contributed by atoms with Crippen LogP contribution in [-0.2, 0) is 21.4 Å². The molecule has 0 bridgehead atoms. The summed E-state index contributed by atoms with van der Waals surface area (Å²) in [5, 5.41) is 3.01. The number of nitrogens with zero attached hydrogens (tertiary/aromatic N) is 1. The van der Waals surface area contributed by atoms with Gasteiger partial charge in [0.15, 0.2) is 0 Å². The minimum absolute atomic E-state index is 0.0340. The second-order valence-electron chi connectivity index (χ2n) is 7.66. The van der Waals surface area contributed by atoms with Gasteiger partial charge in [-0.15, -0.1) is 0 Å². The molecule has 1 N–H and O–H groups in total. The van der Waals surface area contributed by atoms with E-state index in [1.807, 2.05) is 60.7 Å². The summed E-state index contributed by atoms with van der Waals surface area (Å²) in [6, 6.07) is 20.1. The van der Waals surface area contributed by atoms with Gasteiger partial charge in [-0.1, -0.05) is 74.5 Å². The maximum Gasteiger partial charge on any atom is 0.239 e. The highest BCUT2D eigenvalue weighted by Crippen LogP contribution is 2.27. The highest BCUT2D eigenvalue weighted by Gasteiger charge is 2.32. The number of rotatable bonds is 5. The van der Waals surface area contributed by atoms with Gasteiger partial charge in [0, 0.05) is 13.0 Å². The molecule has 1 aliphatic heterocycles. The van der Waals surface area contributed by atoms with Crippen molar-refractivity contribution in [2.45, 2.75) is 38.1 Å². The van der Waals surface area contributed by atoms with E-state index < -0.39 is 0 Å². The zero-order valence-electron chi connectivity index (χ0n) is 15.4. The first kappa shape index (κ1) is 18.2. The topological polar surface area (TPSA) is 49.4 Å². The number of carbonyl (C=O) groups excluding carboxylic acids is 2. The molecule has 1 saturated heterocycles. The van der Waals surface area contributed by atoms with Crippen LogP contribution in [0.3, 0.4) is 0 Å². The average molecular weight is 350 g/mol. The first-order valence-corrected chi connectivity index (χ1v) is 9.11. The maximum absolute atomic E-state index is 12.9. The second kappa shape index (κ2) is 7.73. The van der Waals surface area contributed by atoms with Crippen molar-refractivity contribution < 1.29 is 9.59 Å². The van der Waals surface area contributed by atoms with E-state index >= 15 is 0 Å². The normalized spacial score (nSPS) is 17.7. The molecule has 0 aliphatic carbocycles. The molecular formula is C22H26N2O2. The lowest BCUT2D eigenvalue weighted by atomic mass is 9.81. The molecule has 1 aliphatic rings. The summed E-state index contributed by atoms with van der Waals surface area (Å²) in [5.74, 6) is -0.0465. The predicted octanol–water partition coefficient (Wildman–Crippen LogP) is 2.92. The summed E-state index contributed by atoms with van der Waals surface area (Å²) in [7, 11) is 0. The molecule has 0 spiro atoms. The Bertz CT molecular complexity index is 756. The van der Waals surface area contributed by atoms with Crippen LogP contribution in [0.15, 0.2) is 60.7 Å². The molecule has 2 aromatic rings. The van der Waals surface area contributed by atoms with Crippen LogP contribution in [0.2, 0.25) is 0 Å². The highest BCUT2D eigenvalue weighted by atomic mass is 16.2. The van der Waals surface area contributed by atoms with Crippen LogP contribution in [-0.4, -0.2) is 35.8 Å². The Morgan fingerprint density at radius 2 is 1.69 bits per heavy atom. The fourth-order valence-corrected chi connectivity index (χ4v) is 3.51. The summed E-state index contributed by atoms with van der Waals surface area (Å²) in [6.07, 6.45) is 1.13. The van der Waals surface area contributed by atoms with Crippen LogP contribution in [0.1, 0.15) is 31.4 Å². The number of benzene rings is 2. The summed E-state index contributed by atoms with van der Waals surface area (Å²) in [5.41, 5.74) is 2.04. The van der Waals surface area contributed by atoms with E-state index in [0.717, 1.165) is 17.5 Å². The van der Waals surface area contributed by atoms with Crippen molar-refractivity contribution in [3.63, 3.8) is 0 Å². The molecule has 1 atom stereocenters. The Labute approximate surface area is 155 Å². The fourth-order valence-electron chi connectivity index (χ4n) is 3.51. The minimum atomic E-state index is -0.263. The molecule has 0 saturated carbocycles. The summed E-state index contributed by atoms with van der Waals surface area (Å²) in [6.45, 7) is 4.86. The fraction of sp³-hybridized carbons (Fsp3) is 0.364. The Morgan fingerprint density at radius 1 is 1.08 bits per heavy atom. The number of hydrogen-bond donors (Lipinski definition) is 1. The molecule has 4 nitrogen and oxygen atoms in total. The van der Waals surface area contributed by atoms with Crippen LogP contribution in [0.5, 0.6) is 0 Å². The van der Waals surface area contributed by atoms with E-state index in [0.29, 0.717) is 13.0 Å². The van der Waals surface area contributed by atoms with Crippen LogP contribution < -0.4 is 5.32 Å². The minimum Gasteiger partial charge on any atom is -0.350 e. The van der Waals surface area contributed by atoms with Gasteiger partial charge < -0.3 is 10.2 Å². The monoisotopic (exact) mass is 350 g/mol. The molecular weight excluding hydrogens is 324 g/mol. The molecule has 26 heavy (non-hydrogen) atoms. The zero-order valence-corrected chi connectivity index (χ0v) is 15.4. The van der Waals surface area contributed by atoms with E-state index in [-0.39, 0.29) is 29.8 Å². The van der Waals surface area contributed by atoms with E-state index in [4.69, 9.17) is 0 Å². The van der Waals surface area contributed by atoms with Gasteiger partial charge in [0.25, 0.3) is 0 Å². The van der Waals surface area contributed by atoms with Gasteiger partial charge in [-0.25, -0.2) is 0 Å². The molecule has 1 fully saturated rings. The molecule has 1 heterocycles. The predicted molar refractivity (Wildman–Crippen MR) is 103 cm³/mol. The van der Waals surface area contributed by atoms with Gasteiger partial charge in [0.1, 0.15) is 0 Å². The van der Waals surface area contributed by atoms with Crippen molar-refractivity contribution in [2.24, 2.45) is 0 Å². The molecule has 0 unspecified atom stereocenters. The van der Waals surface area contributed by atoms with Crippen molar-refractivity contribution in [2.75, 3.05) is 13.1 Å². The molecule has 0 aromatic heterocycles. The summed E-state index contributed by atoms with van der Waals surface area (Å²) in [4.78, 5) is 26.7. The lowest BCUT2D eigenvalue weighted by molar-refractivity contribution is -0.140. The van der Waals surface area contributed by atoms with Crippen molar-refractivity contribution in [1.29, 1.82) is 0 Å². The highest BCUT2D eigenvalue weighted by molar-refractivity contribution is 5.86. The lowest BCUT2D eigenvalue weighted by Crippen LogP contribution is -2.57. The summed E-state index contributed by atoms with van der Waals surface area (Å²) >= 11 is 0. The number of amides is 2. The van der Waals surface area contributed by atoms with Crippen molar-refractivity contribution in [3.05, 3.63) is 71.8 Å². The Kier molecular flexibility index (Phi) is 5.40. The first-order valence-electron chi connectivity index (χ1n) is 9.11. The second-order valence-corrected chi connectivity index (χ2v) is 7.66. The standard InChI is InChI=1S/C22H26N2O2/c1-22(2,18-11-7-4-8-12-18)14-21(26)24-15-19(23-20(25)16-24)13-17-9-5-3-6-10-17/h3-12,19H,13-16H2,1-2H3,(H,23,25)/t19-/m0/s1. The van der Waals surface area contributed by atoms with Crippen LogP contribution in [0.4, 0.5) is 0 Å². The van der Waals surface area contributed by atoms with Gasteiger partial charge >= 0.3 is 0 Å². The Hall–Kier alpha value is -2.62. The van der Waals surface area contributed by atoms with E-state index in [2.05, 4.69) is 19.2 Å². The van der Waals surface area contributed by atoms with Crippen LogP contribution in [0.25, 0.3) is 0 Å². The molecule has 136 valence electrons. The number of piperazine rings is 1. The first-order chi connectivity index (χ1) is 12.4. The van der Waals surface area contributed by atoms with E-state index in [9.17, 15) is 9.59 Å². The van der Waals surface area contributed by atoms with Crippen molar-refractivity contribution in [3.8, 4) is 0 Å². The number of carbonyl (C=O) groups is 2. The van der Waals surface area contributed by atoms with Crippen LogP contribution in [0, 0.1) is 0 Å². The quantitative estimate of drug-likeness (QED) is 0.901. The molecule has 0 radical (unpaired) electrons. The molecule has 3 rings (SSSR count). The number of hydrogen-bond acceptors (Lipinski definition) is 2. The third-order valence-corrected chi connectivity index (χ3v) is 4.97.